The molecule has 0 atom stereocenters. The molecule has 8 aromatic carbocycles. The number of thiophene rings is 2. The average Bonchev–Trinajstić information content (AvgIpc) is 3.94. The highest BCUT2D eigenvalue weighted by Crippen LogP contribution is 2.52. The van der Waals surface area contributed by atoms with Crippen LogP contribution in [0.5, 0.6) is 0 Å². The molecule has 0 aliphatic heterocycles. The molecule has 2 aliphatic carbocycles. The predicted molar refractivity (Wildman–Crippen MR) is 257 cm³/mol. The van der Waals surface area contributed by atoms with Crippen molar-refractivity contribution in [1.29, 1.82) is 0 Å². The first-order valence-corrected chi connectivity index (χ1v) is 22.4. The summed E-state index contributed by atoms with van der Waals surface area (Å²) in [7, 11) is 0. The Kier molecular flexibility index (Phi) is 7.99. The molecular weight excluding hydrogens is 840 g/mol. The van der Waals surface area contributed by atoms with Gasteiger partial charge in [0, 0.05) is 54.7 Å². The number of rotatable bonds is 2. The molecule has 0 spiro atoms. The van der Waals surface area contributed by atoms with Crippen molar-refractivity contribution in [2.45, 2.75) is 38.5 Å². The Morgan fingerprint density at radius 2 is 0.772 bits per heavy atom. The van der Waals surface area contributed by atoms with Gasteiger partial charge in [0.1, 0.15) is 0 Å². The summed E-state index contributed by atoms with van der Waals surface area (Å²) in [6, 6.07) is 60.6. The van der Waals surface area contributed by atoms with E-state index < -0.39 is 0 Å². The normalized spacial score (nSPS) is 14.3. The van der Waals surface area contributed by atoms with E-state index in [1.165, 1.54) is 111 Å². The fraction of sp³-hybridized carbons (Fsp3) is 0.111. The maximum atomic E-state index is 2.46. The highest BCUT2D eigenvalue weighted by molar-refractivity contribution is 14.1. The molecule has 0 unspecified atom stereocenters. The Hall–Kier alpha value is -5.07. The maximum Gasteiger partial charge on any atom is 0.0489 e. The van der Waals surface area contributed by atoms with Crippen LogP contribution in [-0.2, 0) is 10.8 Å². The summed E-state index contributed by atoms with van der Waals surface area (Å²) in [5.41, 5.74) is 16.7. The van der Waals surface area contributed by atoms with Gasteiger partial charge < -0.3 is 0 Å². The van der Waals surface area contributed by atoms with E-state index in [0.29, 0.717) is 0 Å². The number of halogens is 1. The largest absolute Gasteiger partial charge is 0.135 e. The Bertz CT molecular complexity index is 3260. The second-order valence-corrected chi connectivity index (χ2v) is 19.8. The third-order valence-corrected chi connectivity index (χ3v) is 16.4. The molecule has 2 heterocycles. The molecule has 0 fully saturated rings. The minimum Gasteiger partial charge on any atom is -0.135 e. The zero-order chi connectivity index (χ0) is 38.6. The lowest BCUT2D eigenvalue weighted by Crippen LogP contribution is -2.14. The van der Waals surface area contributed by atoms with Crippen molar-refractivity contribution in [3.8, 4) is 44.5 Å². The standard InChI is InChI=1S/C27H19IS.C27H20S/c1-27(2)22-11-4-3-7-18(22)19-14-13-16(15-23(19)27)17-8-5-9-20-21-10-6-12-24(28)26(21)29-25(17)20;1-27(2)23-12-5-3-8-19(23)20-15-14-17(16-24(20)27)18-10-7-11-22-21-9-4-6-13-25(21)28-26(18)22/h3-15H,1-2H3;3-16H,1-2H3. The first-order valence-electron chi connectivity index (χ1n) is 19.7. The molecule has 2 aromatic heterocycles. The number of benzene rings is 8. The molecule has 0 amide bonds. The molecule has 0 N–H and O–H groups in total. The van der Waals surface area contributed by atoms with E-state index in [2.05, 4.69) is 214 Å². The summed E-state index contributed by atoms with van der Waals surface area (Å²) in [5.74, 6) is 0. The molecule has 12 rings (SSSR count). The van der Waals surface area contributed by atoms with Crippen molar-refractivity contribution in [3.05, 3.63) is 190 Å². The van der Waals surface area contributed by atoms with E-state index in [9.17, 15) is 0 Å². The molecule has 0 saturated heterocycles. The van der Waals surface area contributed by atoms with Gasteiger partial charge in [0.15, 0.2) is 0 Å². The van der Waals surface area contributed by atoms with Crippen molar-refractivity contribution in [3.63, 3.8) is 0 Å². The van der Waals surface area contributed by atoms with Crippen LogP contribution in [0.4, 0.5) is 0 Å². The third-order valence-electron chi connectivity index (χ3n) is 12.7. The van der Waals surface area contributed by atoms with E-state index >= 15 is 0 Å². The lowest BCUT2D eigenvalue weighted by atomic mass is 9.81. The van der Waals surface area contributed by atoms with Crippen LogP contribution in [0.3, 0.4) is 0 Å². The van der Waals surface area contributed by atoms with Crippen molar-refractivity contribution >= 4 is 85.6 Å². The topological polar surface area (TPSA) is 0 Å². The van der Waals surface area contributed by atoms with Gasteiger partial charge >= 0.3 is 0 Å². The molecule has 2 aliphatic rings. The average molecular weight is 879 g/mol. The van der Waals surface area contributed by atoms with Crippen molar-refractivity contribution < 1.29 is 0 Å². The summed E-state index contributed by atoms with van der Waals surface area (Å²) in [6.45, 7) is 9.40. The highest BCUT2D eigenvalue weighted by atomic mass is 127. The second-order valence-electron chi connectivity index (χ2n) is 16.5. The first kappa shape index (κ1) is 35.1. The highest BCUT2D eigenvalue weighted by Gasteiger charge is 2.36. The Morgan fingerprint density at radius 1 is 0.351 bits per heavy atom. The predicted octanol–water partition coefficient (Wildman–Crippen LogP) is 16.7. The van der Waals surface area contributed by atoms with Gasteiger partial charge in [0.25, 0.3) is 0 Å². The third kappa shape index (κ3) is 5.28. The van der Waals surface area contributed by atoms with Gasteiger partial charge in [0.2, 0.25) is 0 Å². The second kappa shape index (κ2) is 13.0. The zero-order valence-corrected chi connectivity index (χ0v) is 36.1. The summed E-state index contributed by atoms with van der Waals surface area (Å²) < 4.78 is 6.86. The van der Waals surface area contributed by atoms with E-state index in [0.717, 1.165) is 0 Å². The quantitative estimate of drug-likeness (QED) is 0.152. The van der Waals surface area contributed by atoms with Gasteiger partial charge in [-0.15, -0.1) is 22.7 Å². The van der Waals surface area contributed by atoms with Gasteiger partial charge in [-0.1, -0.05) is 167 Å². The van der Waals surface area contributed by atoms with Gasteiger partial charge in [-0.25, -0.2) is 0 Å². The van der Waals surface area contributed by atoms with Crippen LogP contribution >= 0.6 is 45.3 Å². The van der Waals surface area contributed by atoms with Crippen LogP contribution in [-0.4, -0.2) is 0 Å². The lowest BCUT2D eigenvalue weighted by molar-refractivity contribution is 0.660. The number of hydrogen-bond acceptors (Lipinski definition) is 2. The molecule has 3 heteroatoms. The lowest BCUT2D eigenvalue weighted by Gasteiger charge is -2.22. The van der Waals surface area contributed by atoms with Gasteiger partial charge in [0.05, 0.1) is 0 Å². The molecular formula is C54H39IS2. The SMILES string of the molecule is CC1(C)c2ccccc2-c2ccc(-c3cccc4c3sc3c(I)cccc34)cc21.CC1(C)c2ccccc2-c2ccc(-c3cccc4c3sc3ccccc34)cc21. The van der Waals surface area contributed by atoms with Gasteiger partial charge in [-0.3, -0.25) is 0 Å². The van der Waals surface area contributed by atoms with E-state index in [-0.39, 0.29) is 10.8 Å². The molecule has 0 bridgehead atoms. The number of hydrogen-bond donors (Lipinski definition) is 0. The Labute approximate surface area is 355 Å². The summed E-state index contributed by atoms with van der Waals surface area (Å²) >= 11 is 6.28. The fourth-order valence-corrected chi connectivity index (χ4v) is 13.0. The van der Waals surface area contributed by atoms with Crippen LogP contribution in [0.1, 0.15) is 49.9 Å². The maximum absolute atomic E-state index is 2.46. The fourth-order valence-electron chi connectivity index (χ4n) is 9.73. The minimum absolute atomic E-state index is 0.0331. The summed E-state index contributed by atoms with van der Waals surface area (Å²) in [5, 5.41) is 5.45. The smallest absolute Gasteiger partial charge is 0.0489 e. The molecule has 274 valence electrons. The number of fused-ring (bicyclic) bond motifs is 12. The van der Waals surface area contributed by atoms with E-state index in [4.69, 9.17) is 0 Å². The van der Waals surface area contributed by atoms with Crippen molar-refractivity contribution in [2.24, 2.45) is 0 Å². The molecule has 0 saturated carbocycles. The van der Waals surface area contributed by atoms with E-state index in [1.54, 1.807) is 0 Å². The van der Waals surface area contributed by atoms with Gasteiger partial charge in [-0.2, -0.15) is 0 Å². The van der Waals surface area contributed by atoms with E-state index in [1.807, 2.05) is 22.7 Å². The van der Waals surface area contributed by atoms with Crippen LogP contribution in [0, 0.1) is 3.57 Å². The zero-order valence-electron chi connectivity index (χ0n) is 32.3. The van der Waals surface area contributed by atoms with Crippen LogP contribution < -0.4 is 0 Å². The van der Waals surface area contributed by atoms with Crippen LogP contribution in [0.15, 0.2) is 164 Å². The van der Waals surface area contributed by atoms with Crippen LogP contribution in [0.2, 0.25) is 0 Å². The molecule has 57 heavy (non-hydrogen) atoms. The van der Waals surface area contributed by atoms with Crippen LogP contribution in [0.25, 0.3) is 84.9 Å². The molecule has 0 radical (unpaired) electrons. The minimum atomic E-state index is 0.0331. The van der Waals surface area contributed by atoms with Crippen molar-refractivity contribution in [2.75, 3.05) is 0 Å². The van der Waals surface area contributed by atoms with Crippen molar-refractivity contribution in [1.82, 2.24) is 0 Å². The first-order chi connectivity index (χ1) is 27.7. The Balaban J connectivity index is 0.000000131. The summed E-state index contributed by atoms with van der Waals surface area (Å²) in [4.78, 5) is 0. The molecule has 10 aromatic rings. The molecule has 0 nitrogen and oxygen atoms in total. The Morgan fingerprint density at radius 3 is 1.37 bits per heavy atom. The monoisotopic (exact) mass is 878 g/mol. The summed E-state index contributed by atoms with van der Waals surface area (Å²) in [6.07, 6.45) is 0. The van der Waals surface area contributed by atoms with Gasteiger partial charge in [-0.05, 0) is 114 Å².